The Morgan fingerprint density at radius 3 is 2.60 bits per heavy atom. The number of anilines is 1. The van der Waals surface area contributed by atoms with Crippen LogP contribution in [0.2, 0.25) is 0 Å². The Balaban J connectivity index is 1.72. The molecule has 1 fully saturated rings. The fourth-order valence-corrected chi connectivity index (χ4v) is 2.54. The summed E-state index contributed by atoms with van der Waals surface area (Å²) in [5, 5.41) is 11.9. The predicted octanol–water partition coefficient (Wildman–Crippen LogP) is 2.79. The second kappa shape index (κ2) is 5.20. The van der Waals surface area contributed by atoms with Gasteiger partial charge in [0.1, 0.15) is 0 Å². The van der Waals surface area contributed by atoms with Gasteiger partial charge in [-0.05, 0) is 18.1 Å². The van der Waals surface area contributed by atoms with E-state index in [1.54, 1.807) is 12.4 Å². The standard InChI is InChI=1S/C14H12BrN3O2/c15-11-4-2-1-3-9(11)8-6-16-14(17-7-8)18-12-5-10(12)13(19)20/h1-4,6-7,10,12H,5H2,(H,19,20)(H,16,17,18). The van der Waals surface area contributed by atoms with Crippen molar-refractivity contribution in [1.29, 1.82) is 0 Å². The fraction of sp³-hybridized carbons (Fsp3) is 0.214. The molecule has 3 rings (SSSR count). The van der Waals surface area contributed by atoms with Crippen LogP contribution in [0, 0.1) is 5.92 Å². The molecule has 2 aromatic rings. The zero-order chi connectivity index (χ0) is 14.1. The van der Waals surface area contributed by atoms with Crippen LogP contribution in [0.1, 0.15) is 6.42 Å². The van der Waals surface area contributed by atoms with Gasteiger partial charge in [-0.3, -0.25) is 4.79 Å². The molecule has 0 bridgehead atoms. The van der Waals surface area contributed by atoms with Gasteiger partial charge in [-0.2, -0.15) is 0 Å². The monoisotopic (exact) mass is 333 g/mol. The molecule has 0 aliphatic heterocycles. The Kier molecular flexibility index (Phi) is 3.40. The van der Waals surface area contributed by atoms with Gasteiger partial charge in [0, 0.05) is 28.5 Å². The first kappa shape index (κ1) is 13.1. The molecule has 2 unspecified atom stereocenters. The largest absolute Gasteiger partial charge is 0.481 e. The van der Waals surface area contributed by atoms with E-state index in [-0.39, 0.29) is 12.0 Å². The van der Waals surface area contributed by atoms with Gasteiger partial charge in [0.15, 0.2) is 0 Å². The Labute approximate surface area is 124 Å². The number of nitrogens with one attached hydrogen (secondary N) is 1. The Morgan fingerprint density at radius 2 is 2.00 bits per heavy atom. The highest BCUT2D eigenvalue weighted by Gasteiger charge is 2.43. The number of nitrogens with zero attached hydrogens (tertiary/aromatic N) is 2. The highest BCUT2D eigenvalue weighted by atomic mass is 79.9. The molecule has 1 saturated carbocycles. The summed E-state index contributed by atoms with van der Waals surface area (Å²) in [7, 11) is 0. The van der Waals surface area contributed by atoms with Crippen molar-refractivity contribution in [3.63, 3.8) is 0 Å². The maximum Gasteiger partial charge on any atom is 0.308 e. The number of hydrogen-bond acceptors (Lipinski definition) is 4. The normalized spacial score (nSPS) is 20.4. The summed E-state index contributed by atoms with van der Waals surface area (Å²) >= 11 is 3.49. The number of carboxylic acids is 1. The van der Waals surface area contributed by atoms with Gasteiger partial charge in [0.25, 0.3) is 0 Å². The van der Waals surface area contributed by atoms with Crippen molar-refractivity contribution in [2.24, 2.45) is 5.92 Å². The van der Waals surface area contributed by atoms with Crippen LogP contribution in [-0.4, -0.2) is 27.1 Å². The van der Waals surface area contributed by atoms with Gasteiger partial charge in [-0.25, -0.2) is 9.97 Å². The summed E-state index contributed by atoms with van der Waals surface area (Å²) in [5.74, 6) is -0.622. The van der Waals surface area contributed by atoms with E-state index in [4.69, 9.17) is 5.11 Å². The van der Waals surface area contributed by atoms with Crippen molar-refractivity contribution in [2.75, 3.05) is 5.32 Å². The third kappa shape index (κ3) is 2.65. The van der Waals surface area contributed by atoms with Crippen LogP contribution in [0.4, 0.5) is 5.95 Å². The molecule has 0 saturated heterocycles. The highest BCUT2D eigenvalue weighted by Crippen LogP contribution is 2.33. The summed E-state index contributed by atoms with van der Waals surface area (Å²) in [6.45, 7) is 0. The van der Waals surface area contributed by atoms with Gasteiger partial charge in [-0.15, -0.1) is 0 Å². The lowest BCUT2D eigenvalue weighted by molar-refractivity contribution is -0.138. The lowest BCUT2D eigenvalue weighted by atomic mass is 10.1. The molecule has 20 heavy (non-hydrogen) atoms. The van der Waals surface area contributed by atoms with E-state index in [2.05, 4.69) is 31.2 Å². The molecule has 1 aliphatic carbocycles. The van der Waals surface area contributed by atoms with Crippen molar-refractivity contribution in [3.8, 4) is 11.1 Å². The van der Waals surface area contributed by atoms with E-state index < -0.39 is 5.97 Å². The van der Waals surface area contributed by atoms with Crippen molar-refractivity contribution >= 4 is 27.8 Å². The number of benzene rings is 1. The predicted molar refractivity (Wildman–Crippen MR) is 78.3 cm³/mol. The van der Waals surface area contributed by atoms with E-state index in [1.807, 2.05) is 24.3 Å². The second-order valence-electron chi connectivity index (χ2n) is 4.71. The van der Waals surface area contributed by atoms with Crippen molar-refractivity contribution in [2.45, 2.75) is 12.5 Å². The minimum absolute atomic E-state index is 0.0539. The first-order valence-electron chi connectivity index (χ1n) is 6.21. The number of hydrogen-bond donors (Lipinski definition) is 2. The van der Waals surface area contributed by atoms with Crippen LogP contribution < -0.4 is 5.32 Å². The molecule has 2 N–H and O–H groups in total. The summed E-state index contributed by atoms with van der Waals surface area (Å²) in [6, 6.07) is 7.79. The lowest BCUT2D eigenvalue weighted by Gasteiger charge is -2.06. The van der Waals surface area contributed by atoms with Gasteiger partial charge in [0.2, 0.25) is 5.95 Å². The zero-order valence-electron chi connectivity index (χ0n) is 10.5. The summed E-state index contributed by atoms with van der Waals surface area (Å²) in [4.78, 5) is 19.2. The number of rotatable bonds is 4. The molecule has 1 aliphatic rings. The molecular weight excluding hydrogens is 322 g/mol. The van der Waals surface area contributed by atoms with Crippen LogP contribution >= 0.6 is 15.9 Å². The smallest absolute Gasteiger partial charge is 0.308 e. The van der Waals surface area contributed by atoms with Crippen LogP contribution in [0.3, 0.4) is 0 Å². The molecule has 5 nitrogen and oxygen atoms in total. The first-order valence-corrected chi connectivity index (χ1v) is 7.01. The van der Waals surface area contributed by atoms with Crippen molar-refractivity contribution < 1.29 is 9.90 Å². The lowest BCUT2D eigenvalue weighted by Crippen LogP contribution is -2.12. The molecule has 1 heterocycles. The average molecular weight is 334 g/mol. The Bertz CT molecular complexity index is 645. The third-order valence-electron chi connectivity index (χ3n) is 3.26. The van der Waals surface area contributed by atoms with E-state index in [9.17, 15) is 4.79 Å². The zero-order valence-corrected chi connectivity index (χ0v) is 12.0. The van der Waals surface area contributed by atoms with E-state index in [1.165, 1.54) is 0 Å². The average Bonchev–Trinajstić information content (AvgIpc) is 3.20. The maximum absolute atomic E-state index is 10.8. The van der Waals surface area contributed by atoms with E-state index >= 15 is 0 Å². The summed E-state index contributed by atoms with van der Waals surface area (Å²) in [5.41, 5.74) is 1.93. The topological polar surface area (TPSA) is 75.1 Å². The third-order valence-corrected chi connectivity index (χ3v) is 3.95. The minimum atomic E-state index is -0.771. The van der Waals surface area contributed by atoms with Crippen LogP contribution in [0.15, 0.2) is 41.1 Å². The maximum atomic E-state index is 10.8. The Morgan fingerprint density at radius 1 is 1.30 bits per heavy atom. The van der Waals surface area contributed by atoms with Gasteiger partial charge in [-0.1, -0.05) is 34.1 Å². The van der Waals surface area contributed by atoms with Crippen LogP contribution in [0.25, 0.3) is 11.1 Å². The van der Waals surface area contributed by atoms with Crippen LogP contribution in [-0.2, 0) is 4.79 Å². The first-order chi connectivity index (χ1) is 9.65. The fourth-order valence-electron chi connectivity index (χ4n) is 2.03. The van der Waals surface area contributed by atoms with Crippen LogP contribution in [0.5, 0.6) is 0 Å². The molecular formula is C14H12BrN3O2. The highest BCUT2D eigenvalue weighted by molar-refractivity contribution is 9.10. The van der Waals surface area contributed by atoms with E-state index in [0.29, 0.717) is 12.4 Å². The molecule has 2 atom stereocenters. The number of aromatic nitrogens is 2. The van der Waals surface area contributed by atoms with Crippen molar-refractivity contribution in [1.82, 2.24) is 9.97 Å². The molecule has 1 aromatic heterocycles. The SMILES string of the molecule is O=C(O)C1CC1Nc1ncc(-c2ccccc2Br)cn1. The number of halogens is 1. The molecule has 1 aromatic carbocycles. The van der Waals surface area contributed by atoms with E-state index in [0.717, 1.165) is 15.6 Å². The molecule has 0 spiro atoms. The minimum Gasteiger partial charge on any atom is -0.481 e. The molecule has 102 valence electrons. The van der Waals surface area contributed by atoms with Gasteiger partial charge < -0.3 is 10.4 Å². The summed E-state index contributed by atoms with van der Waals surface area (Å²) in [6.07, 6.45) is 4.09. The molecule has 0 amide bonds. The number of carbonyl (C=O) groups is 1. The molecule has 0 radical (unpaired) electrons. The van der Waals surface area contributed by atoms with Gasteiger partial charge in [0.05, 0.1) is 5.92 Å². The summed E-state index contributed by atoms with van der Waals surface area (Å²) < 4.78 is 0.984. The number of carboxylic acid groups (broad SMARTS) is 1. The van der Waals surface area contributed by atoms with Crippen molar-refractivity contribution in [3.05, 3.63) is 41.1 Å². The number of aliphatic carboxylic acids is 1. The second-order valence-corrected chi connectivity index (χ2v) is 5.56. The Hall–Kier alpha value is -1.95. The van der Waals surface area contributed by atoms with Gasteiger partial charge >= 0.3 is 5.97 Å². The molecule has 6 heteroatoms. The quantitative estimate of drug-likeness (QED) is 0.899.